The molecule has 2 amide bonds. The molecule has 10 nitrogen and oxygen atoms in total. The fourth-order valence-electron chi connectivity index (χ4n) is 5.30. The second-order valence-corrected chi connectivity index (χ2v) is 11.3. The van der Waals surface area contributed by atoms with Crippen LogP contribution in [0.2, 0.25) is 0 Å². The molecule has 44 heavy (non-hydrogen) atoms. The summed E-state index contributed by atoms with van der Waals surface area (Å²) in [5, 5.41) is 32.0. The molecule has 0 spiro atoms. The highest BCUT2D eigenvalue weighted by molar-refractivity contribution is 5.90. The predicted octanol–water partition coefficient (Wildman–Crippen LogP) is 4.78. The summed E-state index contributed by atoms with van der Waals surface area (Å²) < 4.78 is 13.0. The van der Waals surface area contributed by atoms with Crippen LogP contribution in [-0.4, -0.2) is 57.9 Å². The number of hydrogen-bond acceptors (Lipinski definition) is 8. The van der Waals surface area contributed by atoms with Gasteiger partial charge in [0.1, 0.15) is 0 Å². The van der Waals surface area contributed by atoms with Crippen LogP contribution in [0.15, 0.2) is 78.9 Å². The molecule has 1 fully saturated rings. The first-order chi connectivity index (χ1) is 21.3. The second kappa shape index (κ2) is 16.4. The maximum atomic E-state index is 12.5. The number of amides is 2. The van der Waals surface area contributed by atoms with Crippen LogP contribution in [0.1, 0.15) is 79.8 Å². The van der Waals surface area contributed by atoms with E-state index < -0.39 is 18.3 Å². The number of unbranched alkanes of at least 4 members (excludes halogenated alkanes) is 1. The summed E-state index contributed by atoms with van der Waals surface area (Å²) in [6.07, 6.45) is 0.131. The Morgan fingerprint density at radius 3 is 2.32 bits per heavy atom. The molecule has 4 rings (SSSR count). The Morgan fingerprint density at radius 2 is 1.64 bits per heavy atom. The van der Waals surface area contributed by atoms with Gasteiger partial charge in [-0.25, -0.2) is 5.48 Å². The molecule has 5 atom stereocenters. The van der Waals surface area contributed by atoms with Gasteiger partial charge in [0.15, 0.2) is 6.29 Å². The molecule has 0 saturated carbocycles. The van der Waals surface area contributed by atoms with Gasteiger partial charge in [0.2, 0.25) is 11.8 Å². The number of carbonyl (C=O) groups is 2. The number of likely N-dealkylation sites (N-methyl/N-ethyl adjacent to an activating group) is 1. The van der Waals surface area contributed by atoms with Gasteiger partial charge in [-0.2, -0.15) is 0 Å². The lowest BCUT2D eigenvalue weighted by molar-refractivity contribution is -0.253. The number of carbonyl (C=O) groups excluding carboxylic acids is 2. The maximum absolute atomic E-state index is 12.5. The third kappa shape index (κ3) is 9.43. The minimum absolute atomic E-state index is 0.0386. The smallest absolute Gasteiger partial charge is 0.243 e. The van der Waals surface area contributed by atoms with Crippen molar-refractivity contribution in [2.75, 3.05) is 18.9 Å². The van der Waals surface area contributed by atoms with Crippen LogP contribution in [0.5, 0.6) is 0 Å². The van der Waals surface area contributed by atoms with Crippen LogP contribution in [0.25, 0.3) is 0 Å². The third-order valence-corrected chi connectivity index (χ3v) is 8.02. The first-order valence-electron chi connectivity index (χ1n) is 15.0. The fraction of sp³-hybridized carbons (Fsp3) is 0.412. The van der Waals surface area contributed by atoms with Gasteiger partial charge in [-0.15, -0.1) is 0 Å². The largest absolute Gasteiger partial charge is 0.392 e. The average molecular weight is 606 g/mol. The molecule has 0 aromatic heterocycles. The molecule has 0 bridgehead atoms. The van der Waals surface area contributed by atoms with E-state index in [2.05, 4.69) is 10.2 Å². The van der Waals surface area contributed by atoms with Gasteiger partial charge >= 0.3 is 0 Å². The molecule has 236 valence electrons. The Kier molecular flexibility index (Phi) is 12.4. The summed E-state index contributed by atoms with van der Waals surface area (Å²) in [4.78, 5) is 25.8. The van der Waals surface area contributed by atoms with Gasteiger partial charge in [-0.05, 0) is 55.6 Å². The van der Waals surface area contributed by atoms with Crippen LogP contribution in [0.3, 0.4) is 0 Å². The standard InChI is InChI=1S/C34H43N3O7/c1-23(33(41)26-9-4-3-5-10-26)37(2)21-29-20-30(25-17-15-24(22-38)16-18-25)44-34(43-29)27-11-8-12-28(19-27)35-31(39)13-6-7-14-32(40)36-42/h3-5,8-12,15-19,23,29-30,33-34,38,41-42H,6-7,13-14,20-22H2,1-2H3,(H,35,39)(H,36,40)/t23-,29+,30-,33-,34-/m1/s1. The molecule has 1 heterocycles. The molecule has 1 aliphatic heterocycles. The van der Waals surface area contributed by atoms with Gasteiger partial charge in [0.25, 0.3) is 0 Å². The maximum Gasteiger partial charge on any atom is 0.243 e. The van der Waals surface area contributed by atoms with Gasteiger partial charge < -0.3 is 25.0 Å². The summed E-state index contributed by atoms with van der Waals surface area (Å²) in [5.41, 5.74) is 5.60. The molecule has 0 radical (unpaired) electrons. The number of aliphatic hydroxyl groups excluding tert-OH is 2. The van der Waals surface area contributed by atoms with Gasteiger partial charge in [-0.1, -0.05) is 66.7 Å². The lowest BCUT2D eigenvalue weighted by Gasteiger charge is -2.39. The molecule has 3 aromatic carbocycles. The number of benzene rings is 3. The number of anilines is 1. The summed E-state index contributed by atoms with van der Waals surface area (Å²) >= 11 is 0. The van der Waals surface area contributed by atoms with Crippen LogP contribution >= 0.6 is 0 Å². The van der Waals surface area contributed by atoms with Crippen molar-refractivity contribution in [1.82, 2.24) is 10.4 Å². The van der Waals surface area contributed by atoms with E-state index in [0.29, 0.717) is 31.5 Å². The first kappa shape index (κ1) is 33.3. The number of aliphatic hydroxyl groups is 2. The van der Waals surface area contributed by atoms with Crippen molar-refractivity contribution in [3.63, 3.8) is 0 Å². The Morgan fingerprint density at radius 1 is 0.932 bits per heavy atom. The Balaban J connectivity index is 1.46. The molecule has 1 aliphatic rings. The molecule has 1 saturated heterocycles. The highest BCUT2D eigenvalue weighted by atomic mass is 16.7. The number of nitrogens with zero attached hydrogens (tertiary/aromatic N) is 1. The number of ether oxygens (including phenoxy) is 2. The van der Waals surface area contributed by atoms with Crippen molar-refractivity contribution in [3.8, 4) is 0 Å². The van der Waals surface area contributed by atoms with Crippen LogP contribution in [0, 0.1) is 0 Å². The van der Waals surface area contributed by atoms with Crippen molar-refractivity contribution in [3.05, 3.63) is 101 Å². The normalized spacial score (nSPS) is 19.7. The van der Waals surface area contributed by atoms with Crippen molar-refractivity contribution in [1.29, 1.82) is 0 Å². The average Bonchev–Trinajstić information content (AvgIpc) is 3.06. The molecule has 5 N–H and O–H groups in total. The quantitative estimate of drug-likeness (QED) is 0.100. The summed E-state index contributed by atoms with van der Waals surface area (Å²) in [5.74, 6) is -0.649. The lowest BCUT2D eigenvalue weighted by atomic mass is 9.98. The highest BCUT2D eigenvalue weighted by Gasteiger charge is 2.34. The zero-order valence-corrected chi connectivity index (χ0v) is 25.3. The summed E-state index contributed by atoms with van der Waals surface area (Å²) in [6, 6.07) is 24.5. The van der Waals surface area contributed by atoms with E-state index >= 15 is 0 Å². The molecule has 0 unspecified atom stereocenters. The van der Waals surface area contributed by atoms with E-state index in [0.717, 1.165) is 22.3 Å². The Labute approximate surface area is 258 Å². The van der Waals surface area contributed by atoms with Gasteiger partial charge in [-0.3, -0.25) is 19.7 Å². The third-order valence-electron chi connectivity index (χ3n) is 8.02. The molecular weight excluding hydrogens is 562 g/mol. The SMILES string of the molecule is C[C@H]([C@@H](O)c1ccccc1)N(C)C[C@@H]1C[C@H](c2ccc(CO)cc2)O[C@H](c2cccc(NC(=O)CCCCC(=O)NO)c2)O1. The van der Waals surface area contributed by atoms with Gasteiger partial charge in [0.05, 0.1) is 24.9 Å². The van der Waals surface area contributed by atoms with Gasteiger partial charge in [0, 0.05) is 43.1 Å². The van der Waals surface area contributed by atoms with Crippen LogP contribution in [-0.2, 0) is 25.7 Å². The number of hydrogen-bond donors (Lipinski definition) is 5. The van der Waals surface area contributed by atoms with Crippen molar-refractivity contribution < 1.29 is 34.5 Å². The Hall–Kier alpha value is -3.64. The first-order valence-corrected chi connectivity index (χ1v) is 15.0. The van der Waals surface area contributed by atoms with E-state index in [1.807, 2.05) is 86.8 Å². The van der Waals surface area contributed by atoms with Crippen LogP contribution in [0.4, 0.5) is 5.69 Å². The molecule has 10 heteroatoms. The zero-order chi connectivity index (χ0) is 31.5. The lowest BCUT2D eigenvalue weighted by Crippen LogP contribution is -2.43. The van der Waals surface area contributed by atoms with E-state index in [-0.39, 0.29) is 43.6 Å². The zero-order valence-electron chi connectivity index (χ0n) is 25.3. The van der Waals surface area contributed by atoms with Crippen molar-refractivity contribution in [2.24, 2.45) is 0 Å². The van der Waals surface area contributed by atoms with E-state index in [1.54, 1.807) is 11.5 Å². The van der Waals surface area contributed by atoms with E-state index in [4.69, 9.17) is 14.7 Å². The number of rotatable bonds is 14. The van der Waals surface area contributed by atoms with E-state index in [9.17, 15) is 19.8 Å². The monoisotopic (exact) mass is 605 g/mol. The highest BCUT2D eigenvalue weighted by Crippen LogP contribution is 2.39. The fourth-order valence-corrected chi connectivity index (χ4v) is 5.30. The number of hydroxylamine groups is 1. The number of nitrogens with one attached hydrogen (secondary N) is 2. The second-order valence-electron chi connectivity index (χ2n) is 11.3. The summed E-state index contributed by atoms with van der Waals surface area (Å²) in [7, 11) is 1.97. The topological polar surface area (TPSA) is 141 Å². The van der Waals surface area contributed by atoms with Crippen molar-refractivity contribution in [2.45, 2.75) is 76.3 Å². The predicted molar refractivity (Wildman–Crippen MR) is 165 cm³/mol. The summed E-state index contributed by atoms with van der Waals surface area (Å²) in [6.45, 7) is 2.51. The minimum atomic E-state index is -0.701. The minimum Gasteiger partial charge on any atom is -0.392 e. The van der Waals surface area contributed by atoms with E-state index in [1.165, 1.54) is 0 Å². The van der Waals surface area contributed by atoms with Crippen molar-refractivity contribution >= 4 is 17.5 Å². The molecule has 3 aromatic rings. The molecule has 0 aliphatic carbocycles. The Bertz CT molecular complexity index is 1340. The molecular formula is C34H43N3O7. The van der Waals surface area contributed by atoms with Crippen LogP contribution < -0.4 is 10.8 Å².